The van der Waals surface area contributed by atoms with Crippen LogP contribution in [-0.2, 0) is 9.59 Å². The second-order valence-electron chi connectivity index (χ2n) is 6.27. The van der Waals surface area contributed by atoms with Crippen LogP contribution in [0.25, 0.3) is 0 Å². The molecule has 2 N–H and O–H groups in total. The maximum Gasteiger partial charge on any atom is 0.263 e. The second kappa shape index (κ2) is 11.8. The van der Waals surface area contributed by atoms with Crippen molar-refractivity contribution >= 4 is 23.4 Å². The van der Waals surface area contributed by atoms with E-state index in [0.717, 1.165) is 6.07 Å². The van der Waals surface area contributed by atoms with Gasteiger partial charge in [0.15, 0.2) is 13.2 Å². The zero-order chi connectivity index (χ0) is 22.8. The number of hydrogen-bond donors (Lipinski definition) is 2. The molecule has 6 nitrogen and oxygen atoms in total. The highest BCUT2D eigenvalue weighted by atomic mass is 35.5. The molecule has 0 spiro atoms. The molecule has 0 aromatic heterocycles. The van der Waals surface area contributed by atoms with E-state index in [2.05, 4.69) is 17.2 Å². The summed E-state index contributed by atoms with van der Waals surface area (Å²) in [6, 6.07) is 8.95. The predicted molar refractivity (Wildman–Crippen MR) is 109 cm³/mol. The van der Waals surface area contributed by atoms with Crippen LogP contribution >= 0.6 is 11.6 Å². The van der Waals surface area contributed by atoms with Crippen LogP contribution in [0.5, 0.6) is 11.5 Å². The zero-order valence-electron chi connectivity index (χ0n) is 16.3. The number of nitrogens with one attached hydrogen (secondary N) is 2. The summed E-state index contributed by atoms with van der Waals surface area (Å²) in [5.41, 5.74) is 0.211. The lowest BCUT2D eigenvalue weighted by Gasteiger charge is -2.11. The van der Waals surface area contributed by atoms with E-state index in [4.69, 9.17) is 21.1 Å². The Labute approximate surface area is 182 Å². The van der Waals surface area contributed by atoms with Gasteiger partial charge in [0.1, 0.15) is 17.3 Å². The molecule has 0 bridgehead atoms. The van der Waals surface area contributed by atoms with Crippen LogP contribution in [0.2, 0.25) is 5.02 Å². The number of carbonyl (C=O) groups is 2. The average Bonchev–Trinajstić information content (AvgIpc) is 2.73. The molecule has 2 aromatic carbocycles. The molecule has 166 valence electrons. The smallest absolute Gasteiger partial charge is 0.263 e. The van der Waals surface area contributed by atoms with Crippen molar-refractivity contribution in [1.82, 2.24) is 10.6 Å². The number of ether oxygens (including phenoxy) is 2. The van der Waals surface area contributed by atoms with Gasteiger partial charge in [0.05, 0.1) is 5.02 Å². The van der Waals surface area contributed by atoms with E-state index in [1.165, 1.54) is 36.4 Å². The van der Waals surface area contributed by atoms with Gasteiger partial charge in [-0.2, -0.15) is 0 Å². The first-order valence-electron chi connectivity index (χ1n) is 9.07. The minimum absolute atomic E-state index is 0.0535. The maximum atomic E-state index is 13.3. The zero-order valence-corrected chi connectivity index (χ0v) is 17.1. The molecule has 0 aliphatic rings. The molecule has 0 heterocycles. The van der Waals surface area contributed by atoms with E-state index in [1.54, 1.807) is 0 Å². The van der Waals surface area contributed by atoms with Crippen LogP contribution < -0.4 is 20.1 Å². The summed E-state index contributed by atoms with van der Waals surface area (Å²) < 4.78 is 48.7. The van der Waals surface area contributed by atoms with Gasteiger partial charge in [-0.15, -0.1) is 0 Å². The Hall–Kier alpha value is -3.20. The van der Waals surface area contributed by atoms with Crippen LogP contribution in [0.15, 0.2) is 54.7 Å². The van der Waals surface area contributed by atoms with Gasteiger partial charge >= 0.3 is 0 Å². The minimum Gasteiger partial charge on any atom is -0.484 e. The molecule has 0 fully saturated rings. The van der Waals surface area contributed by atoms with E-state index in [-0.39, 0.29) is 48.3 Å². The topological polar surface area (TPSA) is 76.7 Å². The first kappa shape index (κ1) is 24.1. The van der Waals surface area contributed by atoms with E-state index in [0.29, 0.717) is 5.70 Å². The molecular formula is C21H20ClF3N2O4. The molecule has 0 atom stereocenters. The Balaban J connectivity index is 1.61. The number of amides is 2. The van der Waals surface area contributed by atoms with E-state index < -0.39 is 24.1 Å². The van der Waals surface area contributed by atoms with E-state index in [1.807, 2.05) is 0 Å². The number of carbonyl (C=O) groups excluding carboxylic acids is 2. The summed E-state index contributed by atoms with van der Waals surface area (Å²) in [5, 5.41) is 5.02. The fourth-order valence-corrected chi connectivity index (χ4v) is 2.39. The number of benzene rings is 2. The predicted octanol–water partition coefficient (Wildman–Crippen LogP) is 4.01. The number of halogens is 4. The third-order valence-corrected chi connectivity index (χ3v) is 4.13. The normalized spacial score (nSPS) is 10.5. The second-order valence-corrected chi connectivity index (χ2v) is 6.68. The highest BCUT2D eigenvalue weighted by Crippen LogP contribution is 2.21. The van der Waals surface area contributed by atoms with Gasteiger partial charge in [-0.1, -0.05) is 18.2 Å². The van der Waals surface area contributed by atoms with Crippen LogP contribution in [-0.4, -0.2) is 31.6 Å². The molecular weight excluding hydrogens is 437 g/mol. The lowest BCUT2D eigenvalue weighted by Crippen LogP contribution is -2.32. The Morgan fingerprint density at radius 1 is 1.00 bits per heavy atom. The number of rotatable bonds is 11. The van der Waals surface area contributed by atoms with Crippen molar-refractivity contribution < 1.29 is 32.2 Å². The first-order valence-corrected chi connectivity index (χ1v) is 9.45. The molecule has 0 saturated heterocycles. The SMILES string of the molecule is C=C(CCNC(=O)COc1ccc(C(F)F)cc1)NC(=O)COc1ccc(Cl)c(F)c1. The summed E-state index contributed by atoms with van der Waals surface area (Å²) in [4.78, 5) is 23.6. The van der Waals surface area contributed by atoms with Crippen molar-refractivity contribution in [3.05, 3.63) is 71.1 Å². The van der Waals surface area contributed by atoms with Crippen molar-refractivity contribution in [3.8, 4) is 11.5 Å². The van der Waals surface area contributed by atoms with Crippen LogP contribution in [0.3, 0.4) is 0 Å². The monoisotopic (exact) mass is 456 g/mol. The molecule has 0 aliphatic carbocycles. The van der Waals surface area contributed by atoms with Crippen LogP contribution in [0.1, 0.15) is 18.4 Å². The minimum atomic E-state index is -2.57. The van der Waals surface area contributed by atoms with Crippen molar-refractivity contribution in [2.75, 3.05) is 19.8 Å². The molecule has 10 heteroatoms. The quantitative estimate of drug-likeness (QED) is 0.535. The highest BCUT2D eigenvalue weighted by molar-refractivity contribution is 6.30. The summed E-state index contributed by atoms with van der Waals surface area (Å²) in [7, 11) is 0. The van der Waals surface area contributed by atoms with Gasteiger partial charge in [-0.25, -0.2) is 13.2 Å². The molecule has 0 radical (unpaired) electrons. The molecule has 0 saturated carbocycles. The van der Waals surface area contributed by atoms with Crippen LogP contribution in [0, 0.1) is 5.82 Å². The first-order chi connectivity index (χ1) is 14.7. The van der Waals surface area contributed by atoms with E-state index in [9.17, 15) is 22.8 Å². The summed E-state index contributed by atoms with van der Waals surface area (Å²) in [6.45, 7) is 3.22. The highest BCUT2D eigenvalue weighted by Gasteiger charge is 2.09. The molecule has 0 unspecified atom stereocenters. The molecule has 31 heavy (non-hydrogen) atoms. The van der Waals surface area contributed by atoms with Crippen molar-refractivity contribution in [3.63, 3.8) is 0 Å². The third-order valence-electron chi connectivity index (χ3n) is 3.83. The Morgan fingerprint density at radius 3 is 2.26 bits per heavy atom. The Bertz CT molecular complexity index is 923. The van der Waals surface area contributed by atoms with Crippen molar-refractivity contribution in [2.45, 2.75) is 12.8 Å². The Morgan fingerprint density at radius 2 is 1.61 bits per heavy atom. The fourth-order valence-electron chi connectivity index (χ4n) is 2.27. The fraction of sp³-hybridized carbons (Fsp3) is 0.238. The van der Waals surface area contributed by atoms with Gasteiger partial charge in [0.25, 0.3) is 18.2 Å². The lowest BCUT2D eigenvalue weighted by atomic mass is 10.2. The van der Waals surface area contributed by atoms with Gasteiger partial charge in [-0.3, -0.25) is 9.59 Å². The van der Waals surface area contributed by atoms with Crippen molar-refractivity contribution in [1.29, 1.82) is 0 Å². The van der Waals surface area contributed by atoms with Crippen LogP contribution in [0.4, 0.5) is 13.2 Å². The molecule has 2 rings (SSSR count). The summed E-state index contributed by atoms with van der Waals surface area (Å²) in [6.07, 6.45) is -2.31. The molecule has 0 aliphatic heterocycles. The summed E-state index contributed by atoms with van der Waals surface area (Å²) in [5.74, 6) is -1.14. The number of hydrogen-bond acceptors (Lipinski definition) is 4. The maximum absolute atomic E-state index is 13.3. The van der Waals surface area contributed by atoms with E-state index >= 15 is 0 Å². The average molecular weight is 457 g/mol. The van der Waals surface area contributed by atoms with Gasteiger partial charge in [-0.05, 0) is 36.4 Å². The van der Waals surface area contributed by atoms with Gasteiger partial charge < -0.3 is 20.1 Å². The van der Waals surface area contributed by atoms with Gasteiger partial charge in [0.2, 0.25) is 0 Å². The molecule has 2 aromatic rings. The summed E-state index contributed by atoms with van der Waals surface area (Å²) >= 11 is 5.57. The third kappa shape index (κ3) is 8.59. The largest absolute Gasteiger partial charge is 0.484 e. The Kier molecular flexibility index (Phi) is 9.20. The number of alkyl halides is 2. The van der Waals surface area contributed by atoms with Gasteiger partial charge in [0, 0.05) is 30.3 Å². The standard InChI is InChI=1S/C21H20ClF3N2O4/c1-13(27-20(29)12-31-16-6-7-17(22)18(23)10-16)8-9-26-19(28)11-30-15-4-2-14(3-5-15)21(24)25/h2-7,10,21H,1,8-9,11-12H2,(H,26,28)(H,27,29). The lowest BCUT2D eigenvalue weighted by molar-refractivity contribution is -0.123. The molecule has 2 amide bonds. The van der Waals surface area contributed by atoms with Crippen molar-refractivity contribution in [2.24, 2.45) is 0 Å².